The number of benzene rings is 2. The lowest BCUT2D eigenvalue weighted by Gasteiger charge is -2.43. The van der Waals surface area contributed by atoms with E-state index in [0.717, 1.165) is 17.5 Å². The van der Waals surface area contributed by atoms with Gasteiger partial charge in [0.25, 0.3) is 0 Å². The molecule has 2 aromatic carbocycles. The molecule has 0 aromatic heterocycles. The van der Waals surface area contributed by atoms with Crippen LogP contribution in [0.15, 0.2) is 61.2 Å². The molecule has 0 bridgehead atoms. The summed E-state index contributed by atoms with van der Waals surface area (Å²) < 4.78 is 13.3. The second-order valence-electron chi connectivity index (χ2n) is 7.14. The molecule has 1 saturated heterocycles. The maximum Gasteiger partial charge on any atom is 0.223 e. The van der Waals surface area contributed by atoms with Gasteiger partial charge < -0.3 is 4.90 Å². The smallest absolute Gasteiger partial charge is 0.223 e. The monoisotopic (exact) mass is 347 g/mol. The molecule has 0 aliphatic carbocycles. The molecule has 26 heavy (non-hydrogen) atoms. The molecule has 3 rings (SSSR count). The first kappa shape index (κ1) is 18.4. The van der Waals surface area contributed by atoms with Crippen molar-refractivity contribution in [2.75, 3.05) is 6.54 Å². The Hall–Kier alpha value is -2.36. The van der Waals surface area contributed by atoms with Crippen LogP contribution in [0.25, 0.3) is 0 Å². The van der Waals surface area contributed by atoms with Gasteiger partial charge in [0.1, 0.15) is 13.7 Å². The molecule has 0 unspecified atom stereocenters. The number of carbonyl (C=O) groups excluding carboxylic acids is 1. The molecule has 0 saturated carbocycles. The van der Waals surface area contributed by atoms with Gasteiger partial charge in [-0.2, -0.15) is 0 Å². The van der Waals surface area contributed by atoms with Gasteiger partial charge in [0, 0.05) is 18.4 Å². The van der Waals surface area contributed by atoms with Gasteiger partial charge in [-0.1, -0.05) is 47.9 Å². The molecule has 2 aromatic rings. The number of amides is 1. The highest BCUT2D eigenvalue weighted by atomic mass is 19.1. The molecule has 1 fully saturated rings. The standard InChI is InChI=1S/C22H23BFNO/c1-3-12-22(18-6-10-20(24)11-7-18)13-14-25(21(26)15-22)16(2)17-4-8-19(23)9-5-17/h3-11,16H,1,12-15H2,2H3/t16-,22-/m0/s1. The van der Waals surface area contributed by atoms with Crippen LogP contribution in [0, 0.1) is 5.82 Å². The van der Waals surface area contributed by atoms with Crippen LogP contribution >= 0.6 is 0 Å². The van der Waals surface area contributed by atoms with Crippen molar-refractivity contribution < 1.29 is 9.18 Å². The van der Waals surface area contributed by atoms with E-state index in [1.54, 1.807) is 12.1 Å². The van der Waals surface area contributed by atoms with E-state index in [0.29, 0.717) is 24.8 Å². The summed E-state index contributed by atoms with van der Waals surface area (Å²) in [6.45, 7) is 6.57. The molecule has 0 spiro atoms. The fraction of sp³-hybridized carbons (Fsp3) is 0.318. The normalized spacial score (nSPS) is 21.5. The molecule has 2 nitrogen and oxygen atoms in total. The van der Waals surface area contributed by atoms with Crippen LogP contribution in [0.3, 0.4) is 0 Å². The zero-order valence-electron chi connectivity index (χ0n) is 15.1. The van der Waals surface area contributed by atoms with Crippen LogP contribution in [-0.2, 0) is 10.2 Å². The second-order valence-corrected chi connectivity index (χ2v) is 7.14. The molecule has 132 valence electrons. The van der Waals surface area contributed by atoms with E-state index in [2.05, 4.69) is 6.58 Å². The molecule has 4 heteroatoms. The maximum absolute atomic E-state index is 13.3. The molecule has 0 N–H and O–H groups in total. The van der Waals surface area contributed by atoms with E-state index in [1.165, 1.54) is 12.1 Å². The minimum atomic E-state index is -0.302. The van der Waals surface area contributed by atoms with Gasteiger partial charge in [-0.05, 0) is 43.0 Å². The third kappa shape index (κ3) is 3.60. The molecular weight excluding hydrogens is 324 g/mol. The van der Waals surface area contributed by atoms with Crippen LogP contribution in [0.4, 0.5) is 4.39 Å². The molecular formula is C22H23BFNO. The van der Waals surface area contributed by atoms with Crippen molar-refractivity contribution in [3.8, 4) is 0 Å². The first-order chi connectivity index (χ1) is 12.4. The summed E-state index contributed by atoms with van der Waals surface area (Å²) in [6, 6.07) is 14.2. The zero-order chi connectivity index (χ0) is 18.7. The molecule has 1 heterocycles. The first-order valence-electron chi connectivity index (χ1n) is 8.97. The third-order valence-electron chi connectivity index (χ3n) is 5.52. The number of halogens is 1. The Morgan fingerprint density at radius 1 is 1.23 bits per heavy atom. The van der Waals surface area contributed by atoms with Crippen LogP contribution < -0.4 is 5.46 Å². The maximum atomic E-state index is 13.3. The predicted molar refractivity (Wildman–Crippen MR) is 104 cm³/mol. The van der Waals surface area contributed by atoms with Gasteiger partial charge in [0.15, 0.2) is 0 Å². The van der Waals surface area contributed by atoms with Crippen molar-refractivity contribution >= 4 is 19.2 Å². The van der Waals surface area contributed by atoms with Gasteiger partial charge in [-0.15, -0.1) is 6.58 Å². The Balaban J connectivity index is 1.83. The Labute approximate surface area is 156 Å². The van der Waals surface area contributed by atoms with Crippen molar-refractivity contribution in [1.82, 2.24) is 4.90 Å². The van der Waals surface area contributed by atoms with Gasteiger partial charge in [0.05, 0.1) is 6.04 Å². The summed E-state index contributed by atoms with van der Waals surface area (Å²) >= 11 is 0. The highest BCUT2D eigenvalue weighted by Crippen LogP contribution is 2.41. The highest BCUT2D eigenvalue weighted by molar-refractivity contribution is 6.32. The summed E-state index contributed by atoms with van der Waals surface area (Å²) in [4.78, 5) is 14.9. The van der Waals surface area contributed by atoms with Crippen LogP contribution in [0.5, 0.6) is 0 Å². The summed E-state index contributed by atoms with van der Waals surface area (Å²) in [5, 5.41) is 0. The van der Waals surface area contributed by atoms with E-state index < -0.39 is 0 Å². The lowest BCUT2D eigenvalue weighted by Crippen LogP contribution is -2.47. The number of likely N-dealkylation sites (tertiary alicyclic amines) is 1. The van der Waals surface area contributed by atoms with Crippen LogP contribution in [-0.4, -0.2) is 25.2 Å². The Morgan fingerprint density at radius 3 is 2.46 bits per heavy atom. The summed E-state index contributed by atoms with van der Waals surface area (Å²) in [5.74, 6) is -0.144. The Bertz CT molecular complexity index is 787. The molecule has 2 radical (unpaired) electrons. The van der Waals surface area contributed by atoms with Gasteiger partial charge >= 0.3 is 0 Å². The number of carbonyl (C=O) groups is 1. The van der Waals surface area contributed by atoms with E-state index in [4.69, 9.17) is 7.85 Å². The lowest BCUT2D eigenvalue weighted by atomic mass is 9.70. The average molecular weight is 347 g/mol. The van der Waals surface area contributed by atoms with Crippen LogP contribution in [0.2, 0.25) is 0 Å². The number of hydrogen-bond acceptors (Lipinski definition) is 1. The summed E-state index contributed by atoms with van der Waals surface area (Å²) in [5.41, 5.74) is 2.49. The molecule has 1 aliphatic rings. The topological polar surface area (TPSA) is 20.3 Å². The van der Waals surface area contributed by atoms with Gasteiger partial charge in [0.2, 0.25) is 5.91 Å². The van der Waals surface area contributed by atoms with Crippen molar-refractivity contribution in [3.63, 3.8) is 0 Å². The number of rotatable bonds is 5. The van der Waals surface area contributed by atoms with Gasteiger partial charge in [-0.3, -0.25) is 4.79 Å². The Morgan fingerprint density at radius 2 is 1.88 bits per heavy atom. The predicted octanol–water partition coefficient (Wildman–Crippen LogP) is 3.82. The van der Waals surface area contributed by atoms with E-state index >= 15 is 0 Å². The average Bonchev–Trinajstić information content (AvgIpc) is 2.63. The summed E-state index contributed by atoms with van der Waals surface area (Å²) in [6.07, 6.45) is 3.80. The number of piperidine rings is 1. The SMILES string of the molecule is [B]c1ccc([C@H](C)N2CC[C@](CC=C)(c3ccc(F)cc3)CC2=O)cc1. The lowest BCUT2D eigenvalue weighted by molar-refractivity contribution is -0.138. The fourth-order valence-electron chi connectivity index (χ4n) is 3.92. The van der Waals surface area contributed by atoms with E-state index in [9.17, 15) is 9.18 Å². The fourth-order valence-corrected chi connectivity index (χ4v) is 3.92. The highest BCUT2D eigenvalue weighted by Gasteiger charge is 2.40. The van der Waals surface area contributed by atoms with Crippen molar-refractivity contribution in [2.24, 2.45) is 0 Å². The molecule has 1 amide bonds. The number of nitrogens with zero attached hydrogens (tertiary/aromatic N) is 1. The Kier molecular flexibility index (Phi) is 5.31. The van der Waals surface area contributed by atoms with E-state index in [1.807, 2.05) is 42.2 Å². The minimum Gasteiger partial charge on any atom is -0.336 e. The molecule has 1 aliphatic heterocycles. The number of hydrogen-bond donors (Lipinski definition) is 0. The largest absolute Gasteiger partial charge is 0.336 e. The van der Waals surface area contributed by atoms with E-state index in [-0.39, 0.29) is 23.2 Å². The zero-order valence-corrected chi connectivity index (χ0v) is 15.1. The number of allylic oxidation sites excluding steroid dienone is 1. The van der Waals surface area contributed by atoms with Gasteiger partial charge in [-0.25, -0.2) is 4.39 Å². The second kappa shape index (κ2) is 7.49. The van der Waals surface area contributed by atoms with Crippen molar-refractivity contribution in [1.29, 1.82) is 0 Å². The van der Waals surface area contributed by atoms with Crippen molar-refractivity contribution in [3.05, 3.63) is 78.1 Å². The van der Waals surface area contributed by atoms with Crippen LogP contribution in [0.1, 0.15) is 43.4 Å². The quantitative estimate of drug-likeness (QED) is 0.595. The first-order valence-corrected chi connectivity index (χ1v) is 8.97. The van der Waals surface area contributed by atoms with Crippen molar-refractivity contribution in [2.45, 2.75) is 37.6 Å². The molecule has 2 atom stereocenters. The minimum absolute atomic E-state index is 0.00181. The summed E-state index contributed by atoms with van der Waals surface area (Å²) in [7, 11) is 5.76. The third-order valence-corrected chi connectivity index (χ3v) is 5.52.